The topological polar surface area (TPSA) is 92.9 Å². The Morgan fingerprint density at radius 1 is 1.67 bits per heavy atom. The Morgan fingerprint density at radius 2 is 2.40 bits per heavy atom. The lowest BCUT2D eigenvalue weighted by Crippen LogP contribution is -2.29. The van der Waals surface area contributed by atoms with Crippen molar-refractivity contribution < 1.29 is 9.18 Å². The number of nitrogens with two attached hydrogens (primary N) is 1. The van der Waals surface area contributed by atoms with Crippen molar-refractivity contribution in [1.82, 2.24) is 15.3 Å². The minimum absolute atomic E-state index is 0.0465. The summed E-state index contributed by atoms with van der Waals surface area (Å²) in [6.45, 7) is 2.26. The molecule has 0 aromatic carbocycles. The van der Waals surface area contributed by atoms with Gasteiger partial charge in [-0.3, -0.25) is 4.79 Å². The fourth-order valence-corrected chi connectivity index (χ4v) is 0.928. The second kappa shape index (κ2) is 5.08. The molecule has 7 heteroatoms. The molecule has 15 heavy (non-hydrogen) atoms. The molecule has 1 rings (SSSR count). The van der Waals surface area contributed by atoms with E-state index in [2.05, 4.69) is 20.6 Å². The summed E-state index contributed by atoms with van der Waals surface area (Å²) in [4.78, 5) is 18.1. The van der Waals surface area contributed by atoms with E-state index in [9.17, 15) is 9.18 Å². The SMILES string of the molecule is CCNC(=O)CNc1nc(N)ncc1F. The molecule has 0 unspecified atom stereocenters. The molecule has 6 nitrogen and oxygen atoms in total. The van der Waals surface area contributed by atoms with Gasteiger partial charge in [-0.15, -0.1) is 0 Å². The highest BCUT2D eigenvalue weighted by Crippen LogP contribution is 2.08. The summed E-state index contributed by atoms with van der Waals surface area (Å²) < 4.78 is 13.0. The van der Waals surface area contributed by atoms with Gasteiger partial charge in [-0.1, -0.05) is 0 Å². The smallest absolute Gasteiger partial charge is 0.239 e. The Bertz CT molecular complexity index is 357. The average molecular weight is 213 g/mol. The lowest BCUT2D eigenvalue weighted by Gasteiger charge is -2.06. The van der Waals surface area contributed by atoms with Crippen molar-refractivity contribution in [3.63, 3.8) is 0 Å². The highest BCUT2D eigenvalue weighted by Gasteiger charge is 2.06. The van der Waals surface area contributed by atoms with E-state index in [4.69, 9.17) is 5.73 Å². The van der Waals surface area contributed by atoms with Gasteiger partial charge in [0.15, 0.2) is 11.6 Å². The molecule has 1 aromatic rings. The van der Waals surface area contributed by atoms with Crippen LogP contribution in [0.3, 0.4) is 0 Å². The Hall–Kier alpha value is -1.92. The average Bonchev–Trinajstić information content (AvgIpc) is 2.20. The number of hydrogen-bond donors (Lipinski definition) is 3. The van der Waals surface area contributed by atoms with Crippen molar-refractivity contribution in [2.24, 2.45) is 0 Å². The van der Waals surface area contributed by atoms with E-state index >= 15 is 0 Å². The number of anilines is 2. The second-order valence-electron chi connectivity index (χ2n) is 2.73. The standard InChI is InChI=1S/C8H12FN5O/c1-2-11-6(15)4-12-7-5(9)3-13-8(10)14-7/h3H,2,4H2,1H3,(H,11,15)(H3,10,12,13,14). The molecule has 1 amide bonds. The fraction of sp³-hybridized carbons (Fsp3) is 0.375. The van der Waals surface area contributed by atoms with E-state index in [0.717, 1.165) is 6.20 Å². The summed E-state index contributed by atoms with van der Waals surface area (Å²) in [5, 5.41) is 5.07. The van der Waals surface area contributed by atoms with E-state index in [-0.39, 0.29) is 24.2 Å². The molecule has 0 spiro atoms. The normalized spacial score (nSPS) is 9.73. The summed E-state index contributed by atoms with van der Waals surface area (Å²) in [6, 6.07) is 0. The number of hydrogen-bond acceptors (Lipinski definition) is 5. The zero-order valence-corrected chi connectivity index (χ0v) is 8.25. The molecule has 0 aliphatic heterocycles. The van der Waals surface area contributed by atoms with Crippen molar-refractivity contribution in [3.8, 4) is 0 Å². The molecule has 0 atom stereocenters. The monoisotopic (exact) mass is 213 g/mol. The van der Waals surface area contributed by atoms with Crippen LogP contribution in [-0.2, 0) is 4.79 Å². The third-order valence-corrected chi connectivity index (χ3v) is 1.55. The van der Waals surface area contributed by atoms with E-state index in [1.165, 1.54) is 0 Å². The maximum Gasteiger partial charge on any atom is 0.239 e. The van der Waals surface area contributed by atoms with Crippen molar-refractivity contribution in [2.75, 3.05) is 24.1 Å². The second-order valence-corrected chi connectivity index (χ2v) is 2.73. The van der Waals surface area contributed by atoms with Crippen LogP contribution in [0.4, 0.5) is 16.2 Å². The van der Waals surface area contributed by atoms with Crippen LogP contribution in [0.25, 0.3) is 0 Å². The molecule has 0 aliphatic carbocycles. The minimum atomic E-state index is -0.645. The van der Waals surface area contributed by atoms with Crippen LogP contribution < -0.4 is 16.4 Å². The maximum atomic E-state index is 13.0. The Labute approximate surface area is 86.1 Å². The first-order valence-corrected chi connectivity index (χ1v) is 4.42. The lowest BCUT2D eigenvalue weighted by molar-refractivity contribution is -0.119. The van der Waals surface area contributed by atoms with E-state index in [1.54, 1.807) is 6.92 Å². The van der Waals surface area contributed by atoms with Crippen LogP contribution in [0, 0.1) is 5.82 Å². The molecule has 0 fully saturated rings. The van der Waals surface area contributed by atoms with Gasteiger partial charge in [0.2, 0.25) is 11.9 Å². The van der Waals surface area contributed by atoms with E-state index < -0.39 is 5.82 Å². The summed E-state index contributed by atoms with van der Waals surface area (Å²) in [7, 11) is 0. The fourth-order valence-electron chi connectivity index (χ4n) is 0.928. The van der Waals surface area contributed by atoms with Gasteiger partial charge in [-0.25, -0.2) is 9.37 Å². The van der Waals surface area contributed by atoms with Gasteiger partial charge in [-0.2, -0.15) is 4.98 Å². The summed E-state index contributed by atoms with van der Waals surface area (Å²) in [5.74, 6) is -1.01. The van der Waals surface area contributed by atoms with Crippen LogP contribution >= 0.6 is 0 Å². The first-order valence-electron chi connectivity index (χ1n) is 4.42. The molecule has 4 N–H and O–H groups in total. The summed E-state index contributed by atoms with van der Waals surface area (Å²) in [5.41, 5.74) is 5.26. The number of amides is 1. The molecule has 0 radical (unpaired) electrons. The summed E-state index contributed by atoms with van der Waals surface area (Å²) in [6.07, 6.45) is 0.947. The number of nitrogens with one attached hydrogen (secondary N) is 2. The number of nitrogen functional groups attached to an aromatic ring is 1. The zero-order chi connectivity index (χ0) is 11.3. The number of carbonyl (C=O) groups is 1. The van der Waals surface area contributed by atoms with Crippen LogP contribution in [0.5, 0.6) is 0 Å². The third-order valence-electron chi connectivity index (χ3n) is 1.55. The first-order chi connectivity index (χ1) is 7.13. The molecule has 1 heterocycles. The van der Waals surface area contributed by atoms with Gasteiger partial charge in [0.1, 0.15) is 0 Å². The number of likely N-dealkylation sites (N-methyl/N-ethyl adjacent to an activating group) is 1. The number of rotatable bonds is 4. The van der Waals surface area contributed by atoms with Crippen LogP contribution in [0.1, 0.15) is 6.92 Å². The van der Waals surface area contributed by atoms with Crippen LogP contribution in [-0.4, -0.2) is 29.0 Å². The molecule has 1 aromatic heterocycles. The van der Waals surface area contributed by atoms with Gasteiger partial charge in [-0.05, 0) is 6.92 Å². The summed E-state index contributed by atoms with van der Waals surface area (Å²) >= 11 is 0. The molecule has 0 aliphatic rings. The Kier molecular flexibility index (Phi) is 3.78. The van der Waals surface area contributed by atoms with E-state index in [1.807, 2.05) is 0 Å². The number of aromatic nitrogens is 2. The van der Waals surface area contributed by atoms with E-state index in [0.29, 0.717) is 6.54 Å². The van der Waals surface area contributed by atoms with Gasteiger partial charge >= 0.3 is 0 Å². The van der Waals surface area contributed by atoms with Crippen molar-refractivity contribution >= 4 is 17.7 Å². The largest absolute Gasteiger partial charge is 0.368 e. The minimum Gasteiger partial charge on any atom is -0.368 e. The third kappa shape index (κ3) is 3.37. The molecule has 82 valence electrons. The number of nitrogens with zero attached hydrogens (tertiary/aromatic N) is 2. The molecule has 0 bridgehead atoms. The quantitative estimate of drug-likeness (QED) is 0.641. The highest BCUT2D eigenvalue weighted by molar-refractivity contribution is 5.80. The molecule has 0 saturated heterocycles. The van der Waals surface area contributed by atoms with Gasteiger partial charge < -0.3 is 16.4 Å². The zero-order valence-electron chi connectivity index (χ0n) is 8.25. The van der Waals surface area contributed by atoms with Crippen molar-refractivity contribution in [1.29, 1.82) is 0 Å². The highest BCUT2D eigenvalue weighted by atomic mass is 19.1. The predicted octanol–water partition coefficient (Wildman–Crippen LogP) is -0.254. The van der Waals surface area contributed by atoms with Crippen LogP contribution in [0.15, 0.2) is 6.20 Å². The van der Waals surface area contributed by atoms with Gasteiger partial charge in [0.05, 0.1) is 12.7 Å². The number of halogens is 1. The predicted molar refractivity (Wildman–Crippen MR) is 53.6 cm³/mol. The molecular formula is C8H12FN5O. The van der Waals surface area contributed by atoms with Crippen molar-refractivity contribution in [2.45, 2.75) is 6.92 Å². The molecule has 0 saturated carbocycles. The van der Waals surface area contributed by atoms with Crippen LogP contribution in [0.2, 0.25) is 0 Å². The van der Waals surface area contributed by atoms with Crippen molar-refractivity contribution in [3.05, 3.63) is 12.0 Å². The lowest BCUT2D eigenvalue weighted by atomic mass is 10.5. The maximum absolute atomic E-state index is 13.0. The van der Waals surface area contributed by atoms with Gasteiger partial charge in [0.25, 0.3) is 0 Å². The Morgan fingerprint density at radius 3 is 3.07 bits per heavy atom. The first kappa shape index (κ1) is 11.2. The molecular weight excluding hydrogens is 201 g/mol. The Balaban J connectivity index is 2.57. The van der Waals surface area contributed by atoms with Gasteiger partial charge in [0, 0.05) is 6.54 Å². The number of carbonyl (C=O) groups excluding carboxylic acids is 1.